The van der Waals surface area contributed by atoms with Gasteiger partial charge in [0.25, 0.3) is 0 Å². The maximum atomic E-state index is 11.4. The SMILES string of the molecule is COC(=O)C(C)C(C)NCC1CCN(C2CC2)C1. The van der Waals surface area contributed by atoms with Crippen LogP contribution in [-0.4, -0.2) is 49.7 Å². The molecule has 2 fully saturated rings. The van der Waals surface area contributed by atoms with E-state index in [9.17, 15) is 4.79 Å². The monoisotopic (exact) mass is 254 g/mol. The van der Waals surface area contributed by atoms with E-state index in [1.165, 1.54) is 39.5 Å². The van der Waals surface area contributed by atoms with Crippen molar-refractivity contribution in [3.63, 3.8) is 0 Å². The number of likely N-dealkylation sites (tertiary alicyclic amines) is 1. The highest BCUT2D eigenvalue weighted by Crippen LogP contribution is 2.31. The first kappa shape index (κ1) is 13.8. The Morgan fingerprint density at radius 3 is 2.72 bits per heavy atom. The maximum absolute atomic E-state index is 11.4. The summed E-state index contributed by atoms with van der Waals surface area (Å²) in [7, 11) is 1.45. The van der Waals surface area contributed by atoms with Crippen LogP contribution in [0, 0.1) is 11.8 Å². The molecule has 3 unspecified atom stereocenters. The van der Waals surface area contributed by atoms with Gasteiger partial charge in [0.05, 0.1) is 13.0 Å². The van der Waals surface area contributed by atoms with Crippen molar-refractivity contribution < 1.29 is 9.53 Å². The Morgan fingerprint density at radius 1 is 1.39 bits per heavy atom. The molecule has 104 valence electrons. The Bertz CT molecular complexity index is 292. The average Bonchev–Trinajstić information content (AvgIpc) is 3.13. The molecule has 1 saturated heterocycles. The van der Waals surface area contributed by atoms with Gasteiger partial charge < -0.3 is 15.0 Å². The highest BCUT2D eigenvalue weighted by atomic mass is 16.5. The van der Waals surface area contributed by atoms with Gasteiger partial charge in [-0.15, -0.1) is 0 Å². The fourth-order valence-corrected chi connectivity index (χ4v) is 2.72. The highest BCUT2D eigenvalue weighted by Gasteiger charge is 2.34. The zero-order valence-electron chi connectivity index (χ0n) is 11.8. The quantitative estimate of drug-likeness (QED) is 0.725. The zero-order valence-corrected chi connectivity index (χ0v) is 11.8. The molecule has 1 aliphatic carbocycles. The van der Waals surface area contributed by atoms with Crippen LogP contribution in [0.25, 0.3) is 0 Å². The van der Waals surface area contributed by atoms with Crippen molar-refractivity contribution in [3.8, 4) is 0 Å². The van der Waals surface area contributed by atoms with Gasteiger partial charge in [-0.25, -0.2) is 0 Å². The van der Waals surface area contributed by atoms with Gasteiger partial charge in [-0.1, -0.05) is 6.92 Å². The fourth-order valence-electron chi connectivity index (χ4n) is 2.72. The molecule has 0 aromatic carbocycles. The van der Waals surface area contributed by atoms with E-state index >= 15 is 0 Å². The topological polar surface area (TPSA) is 41.6 Å². The molecule has 0 aromatic rings. The summed E-state index contributed by atoms with van der Waals surface area (Å²) in [6.07, 6.45) is 4.09. The Labute approximate surface area is 110 Å². The van der Waals surface area contributed by atoms with Crippen LogP contribution in [0.4, 0.5) is 0 Å². The van der Waals surface area contributed by atoms with Gasteiger partial charge >= 0.3 is 5.97 Å². The molecular weight excluding hydrogens is 228 g/mol. The van der Waals surface area contributed by atoms with Crippen molar-refractivity contribution in [3.05, 3.63) is 0 Å². The summed E-state index contributed by atoms with van der Waals surface area (Å²) in [4.78, 5) is 14.1. The van der Waals surface area contributed by atoms with E-state index in [-0.39, 0.29) is 17.9 Å². The average molecular weight is 254 g/mol. The molecule has 1 N–H and O–H groups in total. The number of hydrogen-bond acceptors (Lipinski definition) is 4. The molecule has 1 heterocycles. The number of carbonyl (C=O) groups excluding carboxylic acids is 1. The summed E-state index contributed by atoms with van der Waals surface area (Å²) in [5.74, 6) is 0.551. The zero-order chi connectivity index (χ0) is 13.1. The largest absolute Gasteiger partial charge is 0.469 e. The van der Waals surface area contributed by atoms with Crippen LogP contribution in [0.5, 0.6) is 0 Å². The predicted octanol–water partition coefficient (Wildman–Crippen LogP) is 1.26. The lowest BCUT2D eigenvalue weighted by Gasteiger charge is -2.21. The van der Waals surface area contributed by atoms with Crippen molar-refractivity contribution in [1.29, 1.82) is 0 Å². The predicted molar refractivity (Wildman–Crippen MR) is 71.3 cm³/mol. The van der Waals surface area contributed by atoms with E-state index in [2.05, 4.69) is 17.1 Å². The van der Waals surface area contributed by atoms with E-state index in [1.807, 2.05) is 6.92 Å². The van der Waals surface area contributed by atoms with Crippen molar-refractivity contribution in [1.82, 2.24) is 10.2 Å². The van der Waals surface area contributed by atoms with Crippen molar-refractivity contribution in [2.24, 2.45) is 11.8 Å². The molecular formula is C14H26N2O2. The van der Waals surface area contributed by atoms with E-state index in [4.69, 9.17) is 4.74 Å². The van der Waals surface area contributed by atoms with Gasteiger partial charge in [-0.3, -0.25) is 4.79 Å². The molecule has 0 radical (unpaired) electrons. The number of nitrogens with one attached hydrogen (secondary N) is 1. The van der Waals surface area contributed by atoms with E-state index in [1.54, 1.807) is 0 Å². The Kier molecular flexibility index (Phi) is 4.62. The minimum absolute atomic E-state index is 0.0732. The molecule has 3 atom stereocenters. The van der Waals surface area contributed by atoms with Crippen LogP contribution in [0.15, 0.2) is 0 Å². The van der Waals surface area contributed by atoms with Crippen molar-refractivity contribution in [2.75, 3.05) is 26.7 Å². The standard InChI is InChI=1S/C14H26N2O2/c1-10(14(17)18-3)11(2)15-8-12-6-7-16(9-12)13-4-5-13/h10-13,15H,4-9H2,1-3H3. The minimum Gasteiger partial charge on any atom is -0.469 e. The molecule has 1 saturated carbocycles. The first-order valence-electron chi connectivity index (χ1n) is 7.17. The lowest BCUT2D eigenvalue weighted by molar-refractivity contribution is -0.145. The normalized spacial score (nSPS) is 28.1. The van der Waals surface area contributed by atoms with Crippen LogP contribution in [0.2, 0.25) is 0 Å². The summed E-state index contributed by atoms with van der Waals surface area (Å²) < 4.78 is 4.77. The Hall–Kier alpha value is -0.610. The summed E-state index contributed by atoms with van der Waals surface area (Å²) in [6, 6.07) is 1.08. The summed E-state index contributed by atoms with van der Waals surface area (Å²) in [6.45, 7) is 7.50. The molecule has 4 nitrogen and oxygen atoms in total. The Balaban J connectivity index is 1.66. The van der Waals surface area contributed by atoms with E-state index < -0.39 is 0 Å². The van der Waals surface area contributed by atoms with Crippen LogP contribution < -0.4 is 5.32 Å². The third-order valence-electron chi connectivity index (χ3n) is 4.43. The molecule has 0 spiro atoms. The molecule has 1 aliphatic heterocycles. The number of hydrogen-bond donors (Lipinski definition) is 1. The van der Waals surface area contributed by atoms with Gasteiger partial charge in [-0.05, 0) is 45.2 Å². The number of ether oxygens (including phenoxy) is 1. The lowest BCUT2D eigenvalue weighted by Crippen LogP contribution is -2.39. The second-order valence-corrected chi connectivity index (χ2v) is 5.89. The van der Waals surface area contributed by atoms with E-state index in [0.29, 0.717) is 0 Å². The number of methoxy groups -OCH3 is 1. The second kappa shape index (κ2) is 6.02. The van der Waals surface area contributed by atoms with Crippen LogP contribution in [0.1, 0.15) is 33.1 Å². The van der Waals surface area contributed by atoms with Gasteiger partial charge in [0, 0.05) is 18.6 Å². The van der Waals surface area contributed by atoms with Crippen LogP contribution in [-0.2, 0) is 9.53 Å². The van der Waals surface area contributed by atoms with E-state index in [0.717, 1.165) is 18.5 Å². The number of carbonyl (C=O) groups is 1. The second-order valence-electron chi connectivity index (χ2n) is 5.89. The summed E-state index contributed by atoms with van der Waals surface area (Å²) in [5, 5.41) is 3.49. The third kappa shape index (κ3) is 3.45. The van der Waals surface area contributed by atoms with Gasteiger partial charge in [0.1, 0.15) is 0 Å². The minimum atomic E-state index is -0.124. The van der Waals surface area contributed by atoms with Crippen LogP contribution >= 0.6 is 0 Å². The molecule has 4 heteroatoms. The van der Waals surface area contributed by atoms with Gasteiger partial charge in [0.2, 0.25) is 0 Å². The number of nitrogens with zero attached hydrogens (tertiary/aromatic N) is 1. The highest BCUT2D eigenvalue weighted by molar-refractivity contribution is 5.72. The first-order valence-corrected chi connectivity index (χ1v) is 7.17. The fraction of sp³-hybridized carbons (Fsp3) is 0.929. The molecule has 0 aromatic heterocycles. The molecule has 2 aliphatic rings. The number of esters is 1. The first-order chi connectivity index (χ1) is 8.61. The maximum Gasteiger partial charge on any atom is 0.309 e. The van der Waals surface area contributed by atoms with Crippen molar-refractivity contribution >= 4 is 5.97 Å². The number of rotatable bonds is 6. The molecule has 2 rings (SSSR count). The smallest absolute Gasteiger partial charge is 0.309 e. The molecule has 0 bridgehead atoms. The Morgan fingerprint density at radius 2 is 2.11 bits per heavy atom. The lowest BCUT2D eigenvalue weighted by atomic mass is 10.0. The van der Waals surface area contributed by atoms with Gasteiger partial charge in [0.15, 0.2) is 0 Å². The molecule has 0 amide bonds. The van der Waals surface area contributed by atoms with Crippen LogP contribution in [0.3, 0.4) is 0 Å². The summed E-state index contributed by atoms with van der Waals surface area (Å²) >= 11 is 0. The van der Waals surface area contributed by atoms with Gasteiger partial charge in [-0.2, -0.15) is 0 Å². The van der Waals surface area contributed by atoms with Crippen molar-refractivity contribution in [2.45, 2.75) is 45.2 Å². The third-order valence-corrected chi connectivity index (χ3v) is 4.43. The molecule has 18 heavy (non-hydrogen) atoms. The summed E-state index contributed by atoms with van der Waals surface area (Å²) in [5.41, 5.74) is 0.